The first-order chi connectivity index (χ1) is 11.3. The van der Waals surface area contributed by atoms with Crippen LogP contribution in [0.25, 0.3) is 0 Å². The summed E-state index contributed by atoms with van der Waals surface area (Å²) in [4.78, 5) is 15.0. The Morgan fingerprint density at radius 3 is 2.29 bits per heavy atom. The molecule has 0 heterocycles. The number of rotatable bonds is 5. The predicted octanol–water partition coefficient (Wildman–Crippen LogP) is 3.99. The Morgan fingerprint density at radius 1 is 1.12 bits per heavy atom. The van der Waals surface area contributed by atoms with Crippen molar-refractivity contribution in [3.05, 3.63) is 53.1 Å². The third kappa shape index (κ3) is 4.12. The molecule has 0 bridgehead atoms. The van der Waals surface area contributed by atoms with Crippen LogP contribution in [0.3, 0.4) is 0 Å². The fourth-order valence-corrected chi connectivity index (χ4v) is 4.71. The highest BCUT2D eigenvalue weighted by Crippen LogP contribution is 2.38. The second-order valence-corrected chi connectivity index (χ2v) is 9.03. The number of carbonyl (C=O) groups excluding carboxylic acids is 1. The summed E-state index contributed by atoms with van der Waals surface area (Å²) in [6, 6.07) is 11.9. The van der Waals surface area contributed by atoms with Crippen molar-refractivity contribution < 1.29 is 13.2 Å². The van der Waals surface area contributed by atoms with Gasteiger partial charge in [0.1, 0.15) is 0 Å². The number of hydrogen-bond donors (Lipinski definition) is 0. The Bertz CT molecular complexity index is 847. The van der Waals surface area contributed by atoms with Crippen LogP contribution in [0.2, 0.25) is 5.02 Å². The van der Waals surface area contributed by atoms with E-state index in [2.05, 4.69) is 0 Å². The maximum absolute atomic E-state index is 12.3. The Kier molecular flexibility index (Phi) is 5.96. The lowest BCUT2D eigenvalue weighted by Gasteiger charge is -2.12. The maximum atomic E-state index is 12.3. The summed E-state index contributed by atoms with van der Waals surface area (Å²) in [7, 11) is 0.0118. The van der Waals surface area contributed by atoms with Crippen LogP contribution < -0.4 is 0 Å². The molecule has 0 aliphatic carbocycles. The van der Waals surface area contributed by atoms with Crippen molar-refractivity contribution >= 4 is 39.1 Å². The molecule has 2 aromatic rings. The fourth-order valence-electron chi connectivity index (χ4n) is 2.03. The highest BCUT2D eigenvalue weighted by Gasteiger charge is 2.19. The van der Waals surface area contributed by atoms with E-state index in [-0.39, 0.29) is 16.6 Å². The number of hydrogen-bond acceptors (Lipinski definition) is 4. The molecule has 128 valence electrons. The van der Waals surface area contributed by atoms with E-state index in [0.29, 0.717) is 15.5 Å². The van der Waals surface area contributed by atoms with Gasteiger partial charge in [0.25, 0.3) is 5.91 Å². The van der Waals surface area contributed by atoms with Crippen molar-refractivity contribution in [1.82, 2.24) is 4.90 Å². The number of carbonyl (C=O) groups is 1. The van der Waals surface area contributed by atoms with E-state index < -0.39 is 9.84 Å². The van der Waals surface area contributed by atoms with Crippen molar-refractivity contribution in [2.45, 2.75) is 21.6 Å². The van der Waals surface area contributed by atoms with Crippen molar-refractivity contribution in [2.75, 3.05) is 19.8 Å². The van der Waals surface area contributed by atoms with Gasteiger partial charge in [-0.3, -0.25) is 4.79 Å². The Balaban J connectivity index is 2.37. The van der Waals surface area contributed by atoms with Crippen molar-refractivity contribution in [2.24, 2.45) is 0 Å². The molecule has 2 rings (SSSR count). The molecule has 0 radical (unpaired) electrons. The van der Waals surface area contributed by atoms with Crippen LogP contribution in [0.1, 0.15) is 17.3 Å². The average molecular weight is 384 g/mol. The number of halogens is 1. The fraction of sp³-hybridized carbons (Fsp3) is 0.235. The van der Waals surface area contributed by atoms with Gasteiger partial charge in [0.15, 0.2) is 9.84 Å². The zero-order valence-corrected chi connectivity index (χ0v) is 16.0. The lowest BCUT2D eigenvalue weighted by atomic mass is 10.2. The molecule has 0 unspecified atom stereocenters. The molecule has 0 aliphatic rings. The summed E-state index contributed by atoms with van der Waals surface area (Å²) >= 11 is 7.50. The predicted molar refractivity (Wildman–Crippen MR) is 97.8 cm³/mol. The first-order valence-electron chi connectivity index (χ1n) is 7.27. The molecule has 0 aliphatic heterocycles. The zero-order valence-electron chi connectivity index (χ0n) is 13.6. The van der Waals surface area contributed by atoms with E-state index in [0.717, 1.165) is 4.90 Å². The number of sulfone groups is 1. The molecular formula is C17H18ClNO3S2. The molecule has 0 spiro atoms. The maximum Gasteiger partial charge on any atom is 0.253 e. The molecule has 0 aromatic heterocycles. The number of benzene rings is 2. The topological polar surface area (TPSA) is 54.5 Å². The molecule has 0 N–H and O–H groups in total. The number of nitrogens with zero attached hydrogens (tertiary/aromatic N) is 1. The quantitative estimate of drug-likeness (QED) is 0.783. The largest absolute Gasteiger partial charge is 0.345 e. The van der Waals surface area contributed by atoms with Crippen molar-refractivity contribution in [3.63, 3.8) is 0 Å². The van der Waals surface area contributed by atoms with Crippen LogP contribution in [0.15, 0.2) is 57.2 Å². The summed E-state index contributed by atoms with van der Waals surface area (Å²) in [6.45, 7) is 1.60. The Morgan fingerprint density at radius 2 is 1.75 bits per heavy atom. The minimum Gasteiger partial charge on any atom is -0.345 e. The van der Waals surface area contributed by atoms with Crippen LogP contribution in [0, 0.1) is 0 Å². The summed E-state index contributed by atoms with van der Waals surface area (Å²) in [5.74, 6) is -0.0736. The third-order valence-corrected chi connectivity index (χ3v) is 6.85. The first kappa shape index (κ1) is 18.8. The molecule has 0 atom stereocenters. The monoisotopic (exact) mass is 383 g/mol. The molecule has 1 amide bonds. The summed E-state index contributed by atoms with van der Waals surface area (Å²) in [5, 5.41) is 0.392. The second kappa shape index (κ2) is 7.59. The van der Waals surface area contributed by atoms with E-state index in [9.17, 15) is 13.2 Å². The van der Waals surface area contributed by atoms with Gasteiger partial charge in [-0.15, -0.1) is 0 Å². The summed E-state index contributed by atoms with van der Waals surface area (Å²) in [5.41, 5.74) is 0.574. The highest BCUT2D eigenvalue weighted by molar-refractivity contribution is 8.00. The van der Waals surface area contributed by atoms with Crippen LogP contribution in [-0.4, -0.2) is 39.1 Å². The van der Waals surface area contributed by atoms with Gasteiger partial charge >= 0.3 is 0 Å². The number of amides is 1. The normalized spacial score (nSPS) is 11.3. The van der Waals surface area contributed by atoms with Crippen LogP contribution in [0.5, 0.6) is 0 Å². The zero-order chi connectivity index (χ0) is 17.9. The van der Waals surface area contributed by atoms with E-state index in [1.165, 1.54) is 16.7 Å². The molecule has 4 nitrogen and oxygen atoms in total. The van der Waals surface area contributed by atoms with Crippen LogP contribution in [0.4, 0.5) is 0 Å². The van der Waals surface area contributed by atoms with E-state index in [4.69, 9.17) is 11.6 Å². The minimum atomic E-state index is -3.37. The smallest absolute Gasteiger partial charge is 0.253 e. The first-order valence-corrected chi connectivity index (χ1v) is 10.1. The Hall–Kier alpha value is -1.50. The van der Waals surface area contributed by atoms with Gasteiger partial charge in [0.05, 0.1) is 15.7 Å². The molecule has 24 heavy (non-hydrogen) atoms. The van der Waals surface area contributed by atoms with E-state index in [1.807, 2.05) is 0 Å². The molecule has 0 saturated carbocycles. The lowest BCUT2D eigenvalue weighted by Crippen LogP contribution is -2.21. The molecular weight excluding hydrogens is 366 g/mol. The standard InChI is InChI=1S/C17H18ClNO3S2/c1-4-24(21,22)15-7-5-6-14(18)16(15)23-13-10-8-12(9-11-13)17(20)19(2)3/h5-11H,4H2,1-3H3. The molecule has 0 fully saturated rings. The van der Waals surface area contributed by atoms with Gasteiger partial charge < -0.3 is 4.90 Å². The Labute approximate surface area is 151 Å². The van der Waals surface area contributed by atoms with Gasteiger partial charge in [0, 0.05) is 29.4 Å². The minimum absolute atomic E-state index is 0.0111. The van der Waals surface area contributed by atoms with E-state index >= 15 is 0 Å². The van der Waals surface area contributed by atoms with Gasteiger partial charge in [-0.2, -0.15) is 0 Å². The molecule has 0 saturated heterocycles. The SMILES string of the molecule is CCS(=O)(=O)c1cccc(Cl)c1Sc1ccc(C(=O)N(C)C)cc1. The molecule has 7 heteroatoms. The van der Waals surface area contributed by atoms with Crippen molar-refractivity contribution in [1.29, 1.82) is 0 Å². The van der Waals surface area contributed by atoms with Gasteiger partial charge in [-0.05, 0) is 36.4 Å². The lowest BCUT2D eigenvalue weighted by molar-refractivity contribution is 0.0827. The molecule has 2 aromatic carbocycles. The van der Waals surface area contributed by atoms with Crippen LogP contribution in [-0.2, 0) is 9.84 Å². The average Bonchev–Trinajstić information content (AvgIpc) is 2.56. The highest BCUT2D eigenvalue weighted by atomic mass is 35.5. The van der Waals surface area contributed by atoms with Gasteiger partial charge in [-0.1, -0.05) is 36.4 Å². The van der Waals surface area contributed by atoms with Gasteiger partial charge in [0.2, 0.25) is 0 Å². The van der Waals surface area contributed by atoms with Crippen LogP contribution >= 0.6 is 23.4 Å². The summed E-state index contributed by atoms with van der Waals surface area (Å²) < 4.78 is 24.5. The van der Waals surface area contributed by atoms with Gasteiger partial charge in [-0.25, -0.2) is 8.42 Å². The summed E-state index contributed by atoms with van der Waals surface area (Å²) in [6.07, 6.45) is 0. The third-order valence-electron chi connectivity index (χ3n) is 3.37. The van der Waals surface area contributed by atoms with E-state index in [1.54, 1.807) is 63.5 Å². The van der Waals surface area contributed by atoms with Crippen molar-refractivity contribution in [3.8, 4) is 0 Å². The second-order valence-electron chi connectivity index (χ2n) is 5.30.